The summed E-state index contributed by atoms with van der Waals surface area (Å²) >= 11 is 0. The standard InChI is InChI=1S/C17H23N3O/c1-5-11-21-15-9-7-14(8-10-15)16-17(18-6-2)20-13(4)12(3)19-16/h7-10H,5-6,11H2,1-4H3,(H,18,20). The summed E-state index contributed by atoms with van der Waals surface area (Å²) in [5.74, 6) is 1.73. The van der Waals surface area contributed by atoms with Gasteiger partial charge in [-0.1, -0.05) is 6.92 Å². The molecule has 0 aliphatic carbocycles. The lowest BCUT2D eigenvalue weighted by molar-refractivity contribution is 0.317. The van der Waals surface area contributed by atoms with E-state index < -0.39 is 0 Å². The first kappa shape index (κ1) is 15.3. The van der Waals surface area contributed by atoms with Gasteiger partial charge in [0.15, 0.2) is 5.82 Å². The molecule has 0 spiro atoms. The molecule has 4 heteroatoms. The van der Waals surface area contributed by atoms with Crippen molar-refractivity contribution in [2.75, 3.05) is 18.5 Å². The van der Waals surface area contributed by atoms with E-state index in [1.807, 2.05) is 38.1 Å². The van der Waals surface area contributed by atoms with Crippen LogP contribution in [0, 0.1) is 13.8 Å². The van der Waals surface area contributed by atoms with Gasteiger partial charge in [-0.3, -0.25) is 0 Å². The van der Waals surface area contributed by atoms with E-state index in [1.165, 1.54) is 0 Å². The number of aryl methyl sites for hydroxylation is 2. The van der Waals surface area contributed by atoms with Crippen molar-refractivity contribution in [3.63, 3.8) is 0 Å². The van der Waals surface area contributed by atoms with Gasteiger partial charge in [0.1, 0.15) is 11.4 Å². The molecule has 1 aromatic carbocycles. The van der Waals surface area contributed by atoms with Crippen molar-refractivity contribution in [3.8, 4) is 17.0 Å². The Bertz CT molecular complexity index is 594. The number of rotatable bonds is 6. The molecular weight excluding hydrogens is 262 g/mol. The Morgan fingerprint density at radius 1 is 1.00 bits per heavy atom. The Labute approximate surface area is 126 Å². The summed E-state index contributed by atoms with van der Waals surface area (Å²) in [6, 6.07) is 8.03. The zero-order chi connectivity index (χ0) is 15.2. The molecule has 2 aromatic rings. The van der Waals surface area contributed by atoms with Gasteiger partial charge in [-0.2, -0.15) is 0 Å². The van der Waals surface area contributed by atoms with Gasteiger partial charge in [-0.15, -0.1) is 0 Å². The zero-order valence-electron chi connectivity index (χ0n) is 13.2. The minimum Gasteiger partial charge on any atom is -0.494 e. The summed E-state index contributed by atoms with van der Waals surface area (Å²) in [7, 11) is 0. The zero-order valence-corrected chi connectivity index (χ0v) is 13.2. The van der Waals surface area contributed by atoms with E-state index >= 15 is 0 Å². The second kappa shape index (κ2) is 7.07. The van der Waals surface area contributed by atoms with Crippen molar-refractivity contribution in [1.82, 2.24) is 9.97 Å². The molecule has 1 N–H and O–H groups in total. The van der Waals surface area contributed by atoms with Crippen molar-refractivity contribution >= 4 is 5.82 Å². The summed E-state index contributed by atoms with van der Waals surface area (Å²) in [5, 5.41) is 3.29. The predicted molar refractivity (Wildman–Crippen MR) is 86.9 cm³/mol. The molecule has 0 amide bonds. The average Bonchev–Trinajstić information content (AvgIpc) is 2.49. The van der Waals surface area contributed by atoms with Crippen molar-refractivity contribution < 1.29 is 4.74 Å². The summed E-state index contributed by atoms with van der Waals surface area (Å²) in [4.78, 5) is 9.29. The van der Waals surface area contributed by atoms with Crippen LogP contribution < -0.4 is 10.1 Å². The molecule has 0 atom stereocenters. The fourth-order valence-electron chi connectivity index (χ4n) is 2.02. The molecule has 1 aromatic heterocycles. The van der Waals surface area contributed by atoms with Crippen LogP contribution in [0.25, 0.3) is 11.3 Å². The monoisotopic (exact) mass is 285 g/mol. The molecule has 0 aliphatic heterocycles. The maximum atomic E-state index is 5.61. The maximum Gasteiger partial charge on any atom is 0.152 e. The van der Waals surface area contributed by atoms with E-state index in [0.717, 1.165) is 53.8 Å². The number of hydrogen-bond donors (Lipinski definition) is 1. The molecule has 0 fully saturated rings. The van der Waals surface area contributed by atoms with Crippen LogP contribution in [0.2, 0.25) is 0 Å². The minimum absolute atomic E-state index is 0.742. The van der Waals surface area contributed by atoms with Gasteiger partial charge in [0.2, 0.25) is 0 Å². The highest BCUT2D eigenvalue weighted by molar-refractivity contribution is 5.72. The number of benzene rings is 1. The van der Waals surface area contributed by atoms with Gasteiger partial charge in [-0.05, 0) is 51.5 Å². The van der Waals surface area contributed by atoms with Crippen LogP contribution in [0.1, 0.15) is 31.7 Å². The lowest BCUT2D eigenvalue weighted by Crippen LogP contribution is -2.06. The normalized spacial score (nSPS) is 10.5. The summed E-state index contributed by atoms with van der Waals surface area (Å²) in [6.45, 7) is 9.69. The van der Waals surface area contributed by atoms with E-state index in [0.29, 0.717) is 0 Å². The fourth-order valence-corrected chi connectivity index (χ4v) is 2.02. The Balaban J connectivity index is 2.34. The number of nitrogens with one attached hydrogen (secondary N) is 1. The van der Waals surface area contributed by atoms with Gasteiger partial charge in [-0.25, -0.2) is 9.97 Å². The fraction of sp³-hybridized carbons (Fsp3) is 0.412. The predicted octanol–water partition coefficient (Wildman–Crippen LogP) is 3.98. The number of aromatic nitrogens is 2. The second-order valence-electron chi connectivity index (χ2n) is 4.99. The molecule has 0 saturated carbocycles. The number of nitrogens with zero attached hydrogens (tertiary/aromatic N) is 2. The molecule has 2 rings (SSSR count). The number of hydrogen-bond acceptors (Lipinski definition) is 4. The van der Waals surface area contributed by atoms with Crippen molar-refractivity contribution in [1.29, 1.82) is 0 Å². The van der Waals surface area contributed by atoms with Gasteiger partial charge < -0.3 is 10.1 Å². The second-order valence-corrected chi connectivity index (χ2v) is 4.99. The molecule has 0 saturated heterocycles. The number of ether oxygens (including phenoxy) is 1. The quantitative estimate of drug-likeness (QED) is 0.872. The lowest BCUT2D eigenvalue weighted by Gasteiger charge is -2.12. The van der Waals surface area contributed by atoms with Crippen LogP contribution in [-0.4, -0.2) is 23.1 Å². The summed E-state index contributed by atoms with van der Waals surface area (Å²) in [5.41, 5.74) is 3.85. The van der Waals surface area contributed by atoms with Crippen LogP contribution in [-0.2, 0) is 0 Å². The van der Waals surface area contributed by atoms with Gasteiger partial charge >= 0.3 is 0 Å². The van der Waals surface area contributed by atoms with Crippen LogP contribution in [0.15, 0.2) is 24.3 Å². The molecule has 0 radical (unpaired) electrons. The van der Waals surface area contributed by atoms with Gasteiger partial charge in [0.05, 0.1) is 18.0 Å². The van der Waals surface area contributed by atoms with E-state index in [1.54, 1.807) is 0 Å². The van der Waals surface area contributed by atoms with Crippen LogP contribution >= 0.6 is 0 Å². The SMILES string of the molecule is CCCOc1ccc(-c2nc(C)c(C)nc2NCC)cc1. The largest absolute Gasteiger partial charge is 0.494 e. The molecule has 21 heavy (non-hydrogen) atoms. The topological polar surface area (TPSA) is 47.0 Å². The minimum atomic E-state index is 0.742. The Morgan fingerprint density at radius 2 is 1.67 bits per heavy atom. The molecule has 0 bridgehead atoms. The first-order valence-electron chi connectivity index (χ1n) is 7.48. The first-order valence-corrected chi connectivity index (χ1v) is 7.48. The van der Waals surface area contributed by atoms with E-state index in [4.69, 9.17) is 4.74 Å². The Morgan fingerprint density at radius 3 is 2.29 bits per heavy atom. The highest BCUT2D eigenvalue weighted by Crippen LogP contribution is 2.27. The van der Waals surface area contributed by atoms with Gasteiger partial charge in [0, 0.05) is 12.1 Å². The van der Waals surface area contributed by atoms with E-state index in [9.17, 15) is 0 Å². The third kappa shape index (κ3) is 3.72. The summed E-state index contributed by atoms with van der Waals surface area (Å²) < 4.78 is 5.61. The van der Waals surface area contributed by atoms with Crippen LogP contribution in [0.5, 0.6) is 5.75 Å². The molecule has 112 valence electrons. The third-order valence-corrected chi connectivity index (χ3v) is 3.25. The van der Waals surface area contributed by atoms with E-state index in [2.05, 4.69) is 29.1 Å². The average molecular weight is 285 g/mol. The van der Waals surface area contributed by atoms with Crippen molar-refractivity contribution in [3.05, 3.63) is 35.7 Å². The maximum absolute atomic E-state index is 5.61. The first-order chi connectivity index (χ1) is 10.2. The smallest absolute Gasteiger partial charge is 0.152 e. The van der Waals surface area contributed by atoms with Gasteiger partial charge in [0.25, 0.3) is 0 Å². The highest BCUT2D eigenvalue weighted by Gasteiger charge is 2.10. The van der Waals surface area contributed by atoms with Crippen LogP contribution in [0.3, 0.4) is 0 Å². The molecule has 1 heterocycles. The third-order valence-electron chi connectivity index (χ3n) is 3.25. The Hall–Kier alpha value is -2.10. The highest BCUT2D eigenvalue weighted by atomic mass is 16.5. The lowest BCUT2D eigenvalue weighted by atomic mass is 10.1. The van der Waals surface area contributed by atoms with Crippen molar-refractivity contribution in [2.24, 2.45) is 0 Å². The molecule has 4 nitrogen and oxygen atoms in total. The molecule has 0 aliphatic rings. The Kier molecular flexibility index (Phi) is 5.14. The molecular formula is C17H23N3O. The van der Waals surface area contributed by atoms with E-state index in [-0.39, 0.29) is 0 Å². The number of anilines is 1. The summed E-state index contributed by atoms with van der Waals surface area (Å²) in [6.07, 6.45) is 1.01. The molecule has 0 unspecified atom stereocenters. The van der Waals surface area contributed by atoms with Crippen molar-refractivity contribution in [2.45, 2.75) is 34.1 Å². The van der Waals surface area contributed by atoms with Crippen LogP contribution in [0.4, 0.5) is 5.82 Å².